The number of likely N-dealkylation sites (tertiary alicyclic amines) is 1. The highest BCUT2D eigenvalue weighted by molar-refractivity contribution is 7.10. The van der Waals surface area contributed by atoms with Crippen LogP contribution in [0.15, 0.2) is 41.8 Å². The smallest absolute Gasteiger partial charge is 0.369 e. The monoisotopic (exact) mass is 415 g/mol. The van der Waals surface area contributed by atoms with Gasteiger partial charge in [0.1, 0.15) is 23.6 Å². The first-order chi connectivity index (χ1) is 13.9. The van der Waals surface area contributed by atoms with E-state index in [0.717, 1.165) is 10.4 Å². The lowest BCUT2D eigenvalue weighted by atomic mass is 9.76. The van der Waals surface area contributed by atoms with Crippen LogP contribution in [-0.4, -0.2) is 47.0 Å². The quantitative estimate of drug-likeness (QED) is 0.557. The fraction of sp³-hybridized carbons (Fsp3) is 0.381. The molecule has 0 unspecified atom stereocenters. The molecule has 2 aliphatic heterocycles. The Kier molecular flexibility index (Phi) is 4.92. The zero-order chi connectivity index (χ0) is 20.8. The summed E-state index contributed by atoms with van der Waals surface area (Å²) < 4.78 is 5.16. The van der Waals surface area contributed by atoms with E-state index in [-0.39, 0.29) is 36.6 Å². The van der Waals surface area contributed by atoms with E-state index in [1.54, 1.807) is 31.2 Å². The van der Waals surface area contributed by atoms with Gasteiger partial charge in [-0.25, -0.2) is 4.79 Å². The topological polar surface area (TPSA) is 101 Å². The molecule has 8 heteroatoms. The number of imide groups is 1. The minimum atomic E-state index is -1.25. The van der Waals surface area contributed by atoms with Crippen LogP contribution < -0.4 is 5.32 Å². The third-order valence-corrected chi connectivity index (χ3v) is 7.02. The first-order valence-corrected chi connectivity index (χ1v) is 10.4. The molecule has 0 spiro atoms. The van der Waals surface area contributed by atoms with Crippen LogP contribution in [0.1, 0.15) is 23.4 Å². The number of quaternary nitrogens is 1. The molecule has 0 aliphatic carbocycles. The maximum Gasteiger partial charge on any atom is 0.369 e. The van der Waals surface area contributed by atoms with Crippen LogP contribution in [0.2, 0.25) is 0 Å². The van der Waals surface area contributed by atoms with Crippen molar-refractivity contribution in [2.75, 3.05) is 13.7 Å². The molecule has 0 saturated carbocycles. The maximum atomic E-state index is 13.3. The van der Waals surface area contributed by atoms with Gasteiger partial charge in [-0.3, -0.25) is 14.5 Å². The average Bonchev–Trinajstić information content (AvgIpc) is 3.41. The van der Waals surface area contributed by atoms with Gasteiger partial charge in [-0.2, -0.15) is 0 Å². The SMILES string of the molecule is CCN1C(=O)[C@H]2[C@@H](C1=O)[C@](Cc1ccc(O)cc1)(C(=O)OC)[NH2+][C@H]2c1cccs1. The second-order valence-corrected chi connectivity index (χ2v) is 8.49. The Morgan fingerprint density at radius 1 is 1.24 bits per heavy atom. The van der Waals surface area contributed by atoms with E-state index >= 15 is 0 Å². The van der Waals surface area contributed by atoms with E-state index in [1.807, 2.05) is 22.8 Å². The van der Waals surface area contributed by atoms with Gasteiger partial charge in [0.2, 0.25) is 17.4 Å². The summed E-state index contributed by atoms with van der Waals surface area (Å²) in [5.74, 6) is -2.36. The number of carbonyl (C=O) groups is 3. The number of benzene rings is 1. The van der Waals surface area contributed by atoms with Crippen molar-refractivity contribution in [2.45, 2.75) is 24.9 Å². The summed E-state index contributed by atoms with van der Waals surface area (Å²) in [5.41, 5.74) is -0.466. The number of amides is 2. The lowest BCUT2D eigenvalue weighted by molar-refractivity contribution is -0.733. The van der Waals surface area contributed by atoms with Gasteiger partial charge in [0, 0.05) is 13.0 Å². The number of fused-ring (bicyclic) bond motifs is 1. The number of hydrogen-bond donors (Lipinski definition) is 2. The molecule has 2 saturated heterocycles. The predicted octanol–water partition coefficient (Wildman–Crippen LogP) is 0.847. The van der Waals surface area contributed by atoms with E-state index in [1.165, 1.54) is 23.3 Å². The summed E-state index contributed by atoms with van der Waals surface area (Å²) in [6.45, 7) is 2.04. The summed E-state index contributed by atoms with van der Waals surface area (Å²) in [5, 5.41) is 13.4. The molecule has 4 atom stereocenters. The molecule has 1 aromatic heterocycles. The van der Waals surface area contributed by atoms with Crippen LogP contribution in [0, 0.1) is 11.8 Å². The molecule has 1 aromatic carbocycles. The maximum absolute atomic E-state index is 13.3. The van der Waals surface area contributed by atoms with E-state index in [2.05, 4.69) is 0 Å². The Hall–Kier alpha value is -2.71. The van der Waals surface area contributed by atoms with Crippen molar-refractivity contribution < 1.29 is 29.5 Å². The van der Waals surface area contributed by atoms with Gasteiger partial charge in [0.05, 0.1) is 12.0 Å². The van der Waals surface area contributed by atoms with Gasteiger partial charge < -0.3 is 15.2 Å². The molecule has 0 radical (unpaired) electrons. The molecular formula is C21H23N2O5S+. The van der Waals surface area contributed by atoms with Crippen LogP contribution in [0.25, 0.3) is 0 Å². The van der Waals surface area contributed by atoms with Crippen molar-refractivity contribution in [3.8, 4) is 5.75 Å². The number of thiophene rings is 1. The van der Waals surface area contributed by atoms with Gasteiger partial charge in [0.25, 0.3) is 0 Å². The van der Waals surface area contributed by atoms with Gasteiger partial charge >= 0.3 is 5.97 Å². The molecule has 7 nitrogen and oxygen atoms in total. The highest BCUT2D eigenvalue weighted by atomic mass is 32.1. The summed E-state index contributed by atoms with van der Waals surface area (Å²) in [4.78, 5) is 41.7. The van der Waals surface area contributed by atoms with E-state index < -0.39 is 23.3 Å². The molecule has 2 amide bonds. The lowest BCUT2D eigenvalue weighted by Crippen LogP contribution is -2.98. The van der Waals surface area contributed by atoms with Gasteiger partial charge in [-0.1, -0.05) is 18.2 Å². The summed E-state index contributed by atoms with van der Waals surface area (Å²) in [7, 11) is 1.31. The Morgan fingerprint density at radius 3 is 2.55 bits per heavy atom. The molecule has 2 fully saturated rings. The number of methoxy groups -OCH3 is 1. The second-order valence-electron chi connectivity index (χ2n) is 7.51. The minimum Gasteiger partial charge on any atom is -0.508 e. The van der Waals surface area contributed by atoms with Crippen LogP contribution in [0.4, 0.5) is 0 Å². The highest BCUT2D eigenvalue weighted by Crippen LogP contribution is 2.46. The number of hydrogen-bond acceptors (Lipinski definition) is 6. The van der Waals surface area contributed by atoms with Gasteiger partial charge in [-0.15, -0.1) is 11.3 Å². The molecule has 0 bridgehead atoms. The van der Waals surface area contributed by atoms with Crippen molar-refractivity contribution >= 4 is 29.1 Å². The predicted molar refractivity (Wildman–Crippen MR) is 105 cm³/mol. The van der Waals surface area contributed by atoms with E-state index in [4.69, 9.17) is 4.74 Å². The Bertz CT molecular complexity index is 942. The zero-order valence-corrected chi connectivity index (χ0v) is 17.0. The van der Waals surface area contributed by atoms with Crippen molar-refractivity contribution in [3.05, 3.63) is 52.2 Å². The minimum absolute atomic E-state index is 0.120. The number of carbonyl (C=O) groups excluding carboxylic acids is 3. The highest BCUT2D eigenvalue weighted by Gasteiger charge is 2.72. The van der Waals surface area contributed by atoms with Gasteiger partial charge in [0.15, 0.2) is 0 Å². The second kappa shape index (κ2) is 7.27. The third kappa shape index (κ3) is 2.94. The largest absolute Gasteiger partial charge is 0.508 e. The number of aromatic hydroxyl groups is 1. The van der Waals surface area contributed by atoms with Crippen LogP contribution in [-0.2, 0) is 25.5 Å². The number of rotatable bonds is 5. The van der Waals surface area contributed by atoms with E-state index in [0.29, 0.717) is 0 Å². The fourth-order valence-corrected chi connectivity index (χ4v) is 5.65. The Labute approximate surface area is 172 Å². The number of esters is 1. The number of ether oxygens (including phenoxy) is 1. The Balaban J connectivity index is 1.84. The molecule has 4 rings (SSSR count). The van der Waals surface area contributed by atoms with Crippen molar-refractivity contribution in [1.82, 2.24) is 4.90 Å². The van der Waals surface area contributed by atoms with Crippen molar-refractivity contribution in [2.24, 2.45) is 11.8 Å². The Morgan fingerprint density at radius 2 is 1.97 bits per heavy atom. The standard InChI is InChI=1S/C21H22N2O5S/c1-3-23-18(25)15-16(19(23)26)21(20(27)28-2,11-12-6-8-13(24)9-7-12)22-17(15)14-5-4-10-29-14/h4-10,15-17,22,24H,3,11H2,1-2H3/p+1/t15-,16-,17-,21+/m0/s1. The number of nitrogens with two attached hydrogens (primary N) is 1. The number of nitrogens with zero attached hydrogens (tertiary/aromatic N) is 1. The average molecular weight is 415 g/mol. The molecule has 152 valence electrons. The number of phenolic OH excluding ortho intramolecular Hbond substituents is 1. The summed E-state index contributed by atoms with van der Waals surface area (Å²) in [6.07, 6.45) is 0.222. The molecule has 29 heavy (non-hydrogen) atoms. The molecule has 3 N–H and O–H groups in total. The normalized spacial score (nSPS) is 28.6. The molecule has 3 heterocycles. The zero-order valence-electron chi connectivity index (χ0n) is 16.2. The van der Waals surface area contributed by atoms with Crippen molar-refractivity contribution in [3.63, 3.8) is 0 Å². The third-order valence-electron chi connectivity index (χ3n) is 6.05. The summed E-state index contributed by atoms with van der Waals surface area (Å²) >= 11 is 1.51. The van der Waals surface area contributed by atoms with Crippen molar-refractivity contribution in [1.29, 1.82) is 0 Å². The number of phenols is 1. The first kappa shape index (κ1) is 19.6. The molecule has 2 aliphatic rings. The molecular weight excluding hydrogens is 392 g/mol. The van der Waals surface area contributed by atoms with Crippen LogP contribution >= 0.6 is 11.3 Å². The molecule has 2 aromatic rings. The van der Waals surface area contributed by atoms with E-state index in [9.17, 15) is 19.5 Å². The van der Waals surface area contributed by atoms with Crippen LogP contribution in [0.3, 0.4) is 0 Å². The fourth-order valence-electron chi connectivity index (χ4n) is 4.81. The van der Waals surface area contributed by atoms with Gasteiger partial charge in [-0.05, 0) is 36.1 Å². The lowest BCUT2D eigenvalue weighted by Gasteiger charge is -2.29. The summed E-state index contributed by atoms with van der Waals surface area (Å²) in [6, 6.07) is 10.0. The van der Waals surface area contributed by atoms with Crippen LogP contribution in [0.5, 0.6) is 5.75 Å². The first-order valence-electron chi connectivity index (χ1n) is 9.54.